The van der Waals surface area contributed by atoms with E-state index in [1.54, 1.807) is 0 Å². The summed E-state index contributed by atoms with van der Waals surface area (Å²) in [6.45, 7) is 7.73. The zero-order valence-electron chi connectivity index (χ0n) is 9.62. The van der Waals surface area contributed by atoms with E-state index in [9.17, 15) is 0 Å². The SMILES string of the molecule is CCN1CCN(c2cc(Br)ccc2N)CC1. The Kier molecular flexibility index (Phi) is 3.71. The Labute approximate surface area is 105 Å². The Bertz CT molecular complexity index is 359. The van der Waals surface area contributed by atoms with Crippen molar-refractivity contribution in [2.24, 2.45) is 0 Å². The maximum absolute atomic E-state index is 6.01. The molecule has 1 aliphatic heterocycles. The van der Waals surface area contributed by atoms with Gasteiger partial charge in [0.1, 0.15) is 0 Å². The number of benzene rings is 1. The number of hydrogen-bond acceptors (Lipinski definition) is 3. The molecule has 0 saturated carbocycles. The van der Waals surface area contributed by atoms with Crippen LogP contribution < -0.4 is 10.6 Å². The topological polar surface area (TPSA) is 32.5 Å². The summed E-state index contributed by atoms with van der Waals surface area (Å²) in [6, 6.07) is 6.06. The first-order valence-electron chi connectivity index (χ1n) is 5.73. The van der Waals surface area contributed by atoms with E-state index in [-0.39, 0.29) is 0 Å². The summed E-state index contributed by atoms with van der Waals surface area (Å²) >= 11 is 3.50. The maximum Gasteiger partial charge on any atom is 0.0612 e. The predicted molar refractivity (Wildman–Crippen MR) is 72.9 cm³/mol. The monoisotopic (exact) mass is 283 g/mol. The van der Waals surface area contributed by atoms with Gasteiger partial charge in [-0.15, -0.1) is 0 Å². The Morgan fingerprint density at radius 2 is 1.94 bits per heavy atom. The second kappa shape index (κ2) is 5.06. The zero-order valence-corrected chi connectivity index (χ0v) is 11.2. The molecule has 16 heavy (non-hydrogen) atoms. The first-order valence-corrected chi connectivity index (χ1v) is 6.52. The van der Waals surface area contributed by atoms with Gasteiger partial charge in [0.15, 0.2) is 0 Å². The van der Waals surface area contributed by atoms with Gasteiger partial charge in [-0.05, 0) is 24.7 Å². The number of nitrogens with zero attached hydrogens (tertiary/aromatic N) is 2. The summed E-state index contributed by atoms with van der Waals surface area (Å²) < 4.78 is 1.09. The molecule has 88 valence electrons. The lowest BCUT2D eigenvalue weighted by atomic mass is 10.2. The van der Waals surface area contributed by atoms with Crippen molar-refractivity contribution < 1.29 is 0 Å². The molecule has 1 heterocycles. The molecule has 0 unspecified atom stereocenters. The summed E-state index contributed by atoms with van der Waals surface area (Å²) in [7, 11) is 0. The molecule has 0 amide bonds. The molecular formula is C12H18BrN3. The van der Waals surface area contributed by atoms with Gasteiger partial charge in [0, 0.05) is 30.7 Å². The Morgan fingerprint density at radius 1 is 1.25 bits per heavy atom. The second-order valence-corrected chi connectivity index (χ2v) is 5.04. The van der Waals surface area contributed by atoms with E-state index in [1.807, 2.05) is 12.1 Å². The van der Waals surface area contributed by atoms with Crippen molar-refractivity contribution in [3.8, 4) is 0 Å². The lowest BCUT2D eigenvalue weighted by molar-refractivity contribution is 0.271. The Balaban J connectivity index is 2.10. The number of halogens is 1. The molecule has 1 aromatic rings. The molecule has 4 heteroatoms. The van der Waals surface area contributed by atoms with E-state index in [0.29, 0.717) is 0 Å². The molecule has 2 N–H and O–H groups in total. The number of rotatable bonds is 2. The second-order valence-electron chi connectivity index (χ2n) is 4.12. The van der Waals surface area contributed by atoms with Crippen LogP contribution in [0.3, 0.4) is 0 Å². The highest BCUT2D eigenvalue weighted by Crippen LogP contribution is 2.27. The van der Waals surface area contributed by atoms with Crippen LogP contribution in [0.25, 0.3) is 0 Å². The molecule has 0 aromatic heterocycles. The molecular weight excluding hydrogens is 266 g/mol. The number of nitrogen functional groups attached to an aromatic ring is 1. The summed E-state index contributed by atoms with van der Waals surface area (Å²) in [5.74, 6) is 0. The van der Waals surface area contributed by atoms with E-state index in [1.165, 1.54) is 0 Å². The largest absolute Gasteiger partial charge is 0.397 e. The van der Waals surface area contributed by atoms with Crippen LogP contribution in [0.5, 0.6) is 0 Å². The van der Waals surface area contributed by atoms with Crippen LogP contribution in [0, 0.1) is 0 Å². The lowest BCUT2D eigenvalue weighted by Gasteiger charge is -2.36. The average molecular weight is 284 g/mol. The van der Waals surface area contributed by atoms with Crippen molar-refractivity contribution in [1.29, 1.82) is 0 Å². The van der Waals surface area contributed by atoms with Crippen LogP contribution in [-0.4, -0.2) is 37.6 Å². The van der Waals surface area contributed by atoms with Crippen LogP contribution in [0.4, 0.5) is 11.4 Å². The minimum atomic E-state index is 0.869. The summed E-state index contributed by atoms with van der Waals surface area (Å²) in [4.78, 5) is 4.83. The quantitative estimate of drug-likeness (QED) is 0.845. The fourth-order valence-corrected chi connectivity index (χ4v) is 2.44. The molecule has 0 aliphatic carbocycles. The van der Waals surface area contributed by atoms with Crippen molar-refractivity contribution in [2.75, 3.05) is 43.4 Å². The number of hydrogen-bond donors (Lipinski definition) is 1. The van der Waals surface area contributed by atoms with E-state index >= 15 is 0 Å². The molecule has 1 aromatic carbocycles. The summed E-state index contributed by atoms with van der Waals surface area (Å²) in [5, 5.41) is 0. The smallest absolute Gasteiger partial charge is 0.0612 e. The van der Waals surface area contributed by atoms with Crippen molar-refractivity contribution in [3.63, 3.8) is 0 Å². The van der Waals surface area contributed by atoms with Gasteiger partial charge in [-0.25, -0.2) is 0 Å². The van der Waals surface area contributed by atoms with Crippen molar-refractivity contribution in [1.82, 2.24) is 4.90 Å². The first kappa shape index (κ1) is 11.7. The van der Waals surface area contributed by atoms with Crippen LogP contribution in [0.1, 0.15) is 6.92 Å². The van der Waals surface area contributed by atoms with E-state index in [0.717, 1.165) is 48.6 Å². The zero-order chi connectivity index (χ0) is 11.5. The lowest BCUT2D eigenvalue weighted by Crippen LogP contribution is -2.46. The standard InChI is InChI=1S/C12H18BrN3/c1-2-15-5-7-16(8-6-15)12-9-10(13)3-4-11(12)14/h3-4,9H,2,5-8,14H2,1H3. The van der Waals surface area contributed by atoms with Gasteiger partial charge in [-0.3, -0.25) is 0 Å². The van der Waals surface area contributed by atoms with Crippen LogP contribution in [0.15, 0.2) is 22.7 Å². The molecule has 0 atom stereocenters. The fraction of sp³-hybridized carbons (Fsp3) is 0.500. The molecule has 2 rings (SSSR count). The third-order valence-electron chi connectivity index (χ3n) is 3.15. The molecule has 1 aliphatic rings. The van der Waals surface area contributed by atoms with Crippen LogP contribution >= 0.6 is 15.9 Å². The van der Waals surface area contributed by atoms with Gasteiger partial charge in [-0.2, -0.15) is 0 Å². The third kappa shape index (κ3) is 2.50. The molecule has 3 nitrogen and oxygen atoms in total. The Hall–Kier alpha value is -0.740. The number of likely N-dealkylation sites (N-methyl/N-ethyl adjacent to an activating group) is 1. The van der Waals surface area contributed by atoms with E-state index in [2.05, 4.69) is 38.7 Å². The molecule has 0 bridgehead atoms. The van der Waals surface area contributed by atoms with Gasteiger partial charge >= 0.3 is 0 Å². The molecule has 1 saturated heterocycles. The number of piperazine rings is 1. The number of anilines is 2. The van der Waals surface area contributed by atoms with E-state index in [4.69, 9.17) is 5.73 Å². The van der Waals surface area contributed by atoms with Gasteiger partial charge in [0.05, 0.1) is 11.4 Å². The maximum atomic E-state index is 6.01. The highest BCUT2D eigenvalue weighted by molar-refractivity contribution is 9.10. The van der Waals surface area contributed by atoms with Gasteiger partial charge in [0.2, 0.25) is 0 Å². The molecule has 0 spiro atoms. The molecule has 1 fully saturated rings. The van der Waals surface area contributed by atoms with Gasteiger partial charge in [0.25, 0.3) is 0 Å². The number of nitrogens with two attached hydrogens (primary N) is 1. The van der Waals surface area contributed by atoms with Gasteiger partial charge in [-0.1, -0.05) is 22.9 Å². The highest BCUT2D eigenvalue weighted by atomic mass is 79.9. The van der Waals surface area contributed by atoms with E-state index < -0.39 is 0 Å². The summed E-state index contributed by atoms with van der Waals surface area (Å²) in [6.07, 6.45) is 0. The average Bonchev–Trinajstić information content (AvgIpc) is 2.32. The van der Waals surface area contributed by atoms with Crippen molar-refractivity contribution in [2.45, 2.75) is 6.92 Å². The minimum Gasteiger partial charge on any atom is -0.397 e. The van der Waals surface area contributed by atoms with Crippen LogP contribution in [-0.2, 0) is 0 Å². The predicted octanol–water partition coefficient (Wildman–Crippen LogP) is 2.17. The van der Waals surface area contributed by atoms with Crippen molar-refractivity contribution in [3.05, 3.63) is 22.7 Å². The van der Waals surface area contributed by atoms with Gasteiger partial charge < -0.3 is 15.5 Å². The fourth-order valence-electron chi connectivity index (χ4n) is 2.10. The third-order valence-corrected chi connectivity index (χ3v) is 3.65. The van der Waals surface area contributed by atoms with Crippen molar-refractivity contribution >= 4 is 27.3 Å². The highest BCUT2D eigenvalue weighted by Gasteiger charge is 2.17. The normalized spacial score (nSPS) is 17.8. The first-order chi connectivity index (χ1) is 7.70. The van der Waals surface area contributed by atoms with Crippen LogP contribution in [0.2, 0.25) is 0 Å². The minimum absolute atomic E-state index is 0.869. The Morgan fingerprint density at radius 3 is 2.56 bits per heavy atom. The molecule has 0 radical (unpaired) electrons. The summed E-state index contributed by atoms with van der Waals surface area (Å²) in [5.41, 5.74) is 8.04.